The van der Waals surface area contributed by atoms with Crippen molar-refractivity contribution in [3.8, 4) is 0 Å². The summed E-state index contributed by atoms with van der Waals surface area (Å²) in [4.78, 5) is 35.7. The Morgan fingerprint density at radius 1 is 0.408 bits per heavy atom. The quantitative estimate of drug-likeness (QED) is 0.0211. The Morgan fingerprint density at radius 3 is 1.05 bits per heavy atom. The van der Waals surface area contributed by atoms with Gasteiger partial charge >= 0.3 is 19.8 Å². The van der Waals surface area contributed by atoms with E-state index in [0.29, 0.717) is 23.9 Å². The van der Waals surface area contributed by atoms with Crippen LogP contribution in [0.25, 0.3) is 0 Å². The molecular weight excluding hydrogens is 966 g/mol. The van der Waals surface area contributed by atoms with Gasteiger partial charge in [-0.2, -0.15) is 0 Å². The molecule has 0 aliphatic rings. The van der Waals surface area contributed by atoms with Crippen LogP contribution in [0.1, 0.15) is 258 Å². The lowest BCUT2D eigenvalue weighted by atomic mass is 10.0. The zero-order valence-corrected chi connectivity index (χ0v) is 50.6. The first-order chi connectivity index (χ1) is 37.0. The molecule has 0 fully saturated rings. The minimum atomic E-state index is -4.40. The lowest BCUT2D eigenvalue weighted by molar-refractivity contribution is -0.870. The molecule has 438 valence electrons. The summed E-state index contributed by atoms with van der Waals surface area (Å²) in [5.41, 5.74) is 0. The van der Waals surface area contributed by atoms with Gasteiger partial charge in [0.15, 0.2) is 6.10 Å². The smallest absolute Gasteiger partial charge is 0.462 e. The number of ether oxygens (including phenoxy) is 2. The molecule has 0 aromatic rings. The molecule has 2 unspecified atom stereocenters. The molecule has 0 heterocycles. The third kappa shape index (κ3) is 60.2. The second kappa shape index (κ2) is 56.6. The van der Waals surface area contributed by atoms with Gasteiger partial charge in [-0.25, -0.2) is 4.57 Å². The number of phosphoric acid groups is 1. The van der Waals surface area contributed by atoms with E-state index in [1.807, 2.05) is 21.1 Å². The highest BCUT2D eigenvalue weighted by molar-refractivity contribution is 7.47. The number of rotatable bonds is 56. The maximum Gasteiger partial charge on any atom is 0.472 e. The summed E-state index contributed by atoms with van der Waals surface area (Å²) < 4.78 is 34.6. The number of nitrogens with zero attached hydrogens (tertiary/aromatic N) is 1. The molecule has 0 saturated carbocycles. The Morgan fingerprint density at radius 2 is 0.711 bits per heavy atom. The first kappa shape index (κ1) is 72.9. The molecule has 0 amide bonds. The van der Waals surface area contributed by atoms with Gasteiger partial charge in [0, 0.05) is 12.8 Å². The van der Waals surface area contributed by atoms with Crippen LogP contribution in [-0.2, 0) is 32.7 Å². The number of hydrogen-bond donors (Lipinski definition) is 1. The molecule has 9 nitrogen and oxygen atoms in total. The van der Waals surface area contributed by atoms with E-state index in [9.17, 15) is 19.0 Å². The van der Waals surface area contributed by atoms with Gasteiger partial charge in [-0.15, -0.1) is 0 Å². The van der Waals surface area contributed by atoms with Crippen LogP contribution in [0.15, 0.2) is 97.2 Å². The molecule has 0 aromatic carbocycles. The maximum absolute atomic E-state index is 12.8. The Balaban J connectivity index is 4.03. The number of allylic oxidation sites excluding steroid dienone is 16. The van der Waals surface area contributed by atoms with Crippen LogP contribution in [0.4, 0.5) is 0 Å². The highest BCUT2D eigenvalue weighted by Gasteiger charge is 2.27. The van der Waals surface area contributed by atoms with E-state index in [1.54, 1.807) is 0 Å². The number of quaternary nitrogens is 1. The van der Waals surface area contributed by atoms with Gasteiger partial charge in [0.1, 0.15) is 19.8 Å². The SMILES string of the molecule is CC/C=C\C/C=C\C/C=C\C/C=C\CCCCCCCCCCCCCCCCCCCCCCCCC(=O)OC(COC(=O)CCCCCC/C=C\C/C=C\C/C=C\C/C=C\CC)COP(=O)(O)OCC[N+](C)(C)C. The minimum absolute atomic E-state index is 0.0249. The first-order valence-electron chi connectivity index (χ1n) is 31.0. The zero-order chi connectivity index (χ0) is 55.6. The number of carbonyl (C=O) groups excluding carboxylic acids is 2. The number of unbranched alkanes of at least 4 members (excludes halogenated alkanes) is 26. The summed E-state index contributed by atoms with van der Waals surface area (Å²) in [6, 6.07) is 0. The summed E-state index contributed by atoms with van der Waals surface area (Å²) in [6.07, 6.45) is 77.9. The van der Waals surface area contributed by atoms with E-state index in [1.165, 1.54) is 128 Å². The number of esters is 2. The van der Waals surface area contributed by atoms with Crippen molar-refractivity contribution in [1.82, 2.24) is 0 Å². The van der Waals surface area contributed by atoms with Crippen molar-refractivity contribution in [2.75, 3.05) is 47.5 Å². The number of likely N-dealkylation sites (N-methyl/N-ethyl adjacent to an activating group) is 1. The topological polar surface area (TPSA) is 108 Å². The average molecular weight is 1080 g/mol. The van der Waals surface area contributed by atoms with Gasteiger partial charge in [-0.1, -0.05) is 252 Å². The molecule has 1 N–H and O–H groups in total. The normalized spacial score (nSPS) is 13.9. The molecule has 10 heteroatoms. The number of phosphoric ester groups is 1. The van der Waals surface area contributed by atoms with Crippen LogP contribution in [-0.4, -0.2) is 74.9 Å². The van der Waals surface area contributed by atoms with Crippen LogP contribution < -0.4 is 0 Å². The third-order valence-corrected chi connectivity index (χ3v) is 14.1. The first-order valence-corrected chi connectivity index (χ1v) is 32.5. The van der Waals surface area contributed by atoms with Gasteiger partial charge in [-0.3, -0.25) is 18.6 Å². The molecule has 0 aromatic heterocycles. The molecule has 2 atom stereocenters. The molecule has 0 saturated heterocycles. The van der Waals surface area contributed by atoms with Crippen molar-refractivity contribution in [3.05, 3.63) is 97.2 Å². The predicted molar refractivity (Wildman–Crippen MR) is 325 cm³/mol. The number of hydrogen-bond acceptors (Lipinski definition) is 7. The molecular formula is C66H117NO8P+. The van der Waals surface area contributed by atoms with E-state index >= 15 is 0 Å². The highest BCUT2D eigenvalue weighted by Crippen LogP contribution is 2.43. The van der Waals surface area contributed by atoms with Crippen molar-refractivity contribution in [3.63, 3.8) is 0 Å². The van der Waals surface area contributed by atoms with Crippen molar-refractivity contribution < 1.29 is 42.1 Å². The van der Waals surface area contributed by atoms with Crippen LogP contribution in [0.5, 0.6) is 0 Å². The van der Waals surface area contributed by atoms with Gasteiger partial charge in [-0.05, 0) is 89.9 Å². The van der Waals surface area contributed by atoms with E-state index < -0.39 is 26.5 Å². The predicted octanol–water partition coefficient (Wildman–Crippen LogP) is 19.6. The lowest BCUT2D eigenvalue weighted by Crippen LogP contribution is -2.37. The standard InChI is InChI=1S/C66H116NO8P/c1-6-8-10-12-14-16-18-20-22-24-25-26-27-28-29-30-31-32-33-34-35-36-37-38-39-40-41-43-45-47-49-51-53-55-57-59-66(69)75-64(63-74-76(70,71)73-61-60-67(3,4)5)62-72-65(68)58-56-54-52-50-48-46-44-42-23-21-19-17-15-13-11-9-7-2/h8-11,14-17,20-23,25-26,44,46,64H,6-7,12-13,18-19,24,27-43,45,47-63H2,1-5H3/p+1/b10-8-,11-9-,16-14-,17-15-,22-20-,23-21-,26-25-,46-44-. The third-order valence-electron chi connectivity index (χ3n) is 13.1. The van der Waals surface area contributed by atoms with Crippen molar-refractivity contribution in [1.29, 1.82) is 0 Å². The van der Waals surface area contributed by atoms with Crippen LogP contribution in [0.3, 0.4) is 0 Å². The Kier molecular flexibility index (Phi) is 54.4. The molecule has 0 aliphatic carbocycles. The van der Waals surface area contributed by atoms with Crippen LogP contribution in [0.2, 0.25) is 0 Å². The van der Waals surface area contributed by atoms with Crippen molar-refractivity contribution in [2.24, 2.45) is 0 Å². The van der Waals surface area contributed by atoms with E-state index in [4.69, 9.17) is 18.5 Å². The Labute approximate surface area is 468 Å². The van der Waals surface area contributed by atoms with Gasteiger partial charge < -0.3 is 18.9 Å². The fraction of sp³-hybridized carbons (Fsp3) is 0.727. The lowest BCUT2D eigenvalue weighted by Gasteiger charge is -2.24. The summed E-state index contributed by atoms with van der Waals surface area (Å²) in [6.45, 7) is 4.19. The minimum Gasteiger partial charge on any atom is -0.462 e. The monoisotopic (exact) mass is 1080 g/mol. The summed E-state index contributed by atoms with van der Waals surface area (Å²) >= 11 is 0. The molecule has 0 rings (SSSR count). The van der Waals surface area contributed by atoms with Gasteiger partial charge in [0.05, 0.1) is 27.7 Å². The average Bonchev–Trinajstić information content (AvgIpc) is 3.38. The van der Waals surface area contributed by atoms with Gasteiger partial charge in [0.25, 0.3) is 0 Å². The molecule has 0 radical (unpaired) electrons. The maximum atomic E-state index is 12.8. The Bertz CT molecular complexity index is 1600. The second-order valence-corrected chi connectivity index (χ2v) is 23.1. The molecule has 76 heavy (non-hydrogen) atoms. The number of carbonyl (C=O) groups is 2. The molecule has 0 aliphatic heterocycles. The highest BCUT2D eigenvalue weighted by atomic mass is 31.2. The van der Waals surface area contributed by atoms with E-state index in [0.717, 1.165) is 89.9 Å². The second-order valence-electron chi connectivity index (χ2n) is 21.7. The van der Waals surface area contributed by atoms with E-state index in [-0.39, 0.29) is 32.0 Å². The molecule has 0 bridgehead atoms. The van der Waals surface area contributed by atoms with Gasteiger partial charge in [0.2, 0.25) is 0 Å². The Hall–Kier alpha value is -3.07. The summed E-state index contributed by atoms with van der Waals surface area (Å²) in [5.74, 6) is -0.822. The molecule has 0 spiro atoms. The zero-order valence-electron chi connectivity index (χ0n) is 49.7. The summed E-state index contributed by atoms with van der Waals surface area (Å²) in [7, 11) is 1.46. The van der Waals surface area contributed by atoms with Crippen LogP contribution >= 0.6 is 7.82 Å². The fourth-order valence-corrected chi connectivity index (χ4v) is 9.15. The summed E-state index contributed by atoms with van der Waals surface area (Å²) in [5, 5.41) is 0. The fourth-order valence-electron chi connectivity index (χ4n) is 8.41. The van der Waals surface area contributed by atoms with Crippen LogP contribution in [0, 0.1) is 0 Å². The largest absolute Gasteiger partial charge is 0.472 e. The van der Waals surface area contributed by atoms with Crippen molar-refractivity contribution >= 4 is 19.8 Å². The van der Waals surface area contributed by atoms with E-state index in [2.05, 4.69) is 111 Å². The van der Waals surface area contributed by atoms with Crippen molar-refractivity contribution in [2.45, 2.75) is 264 Å².